The normalized spacial score (nSPS) is 11.6. The summed E-state index contributed by atoms with van der Waals surface area (Å²) in [4.78, 5) is 19.7. The first-order chi connectivity index (χ1) is 19.0. The Hall–Kier alpha value is -4.55. The SMILES string of the molecule is COc1cc(-c2ccc3nc(C)c(-c4cnc(N)c(C(F)(F)F)c4)n3n2)ccc1OCCCNC(=O)OC(C)C. The molecule has 0 fully saturated rings. The molecule has 0 radical (unpaired) electrons. The number of ether oxygens (including phenoxy) is 3. The van der Waals surface area contributed by atoms with Crippen molar-refractivity contribution < 1.29 is 32.2 Å². The second-order valence-corrected chi connectivity index (χ2v) is 9.14. The third-order valence-corrected chi connectivity index (χ3v) is 5.80. The molecular formula is C27H29F3N6O4. The number of anilines is 1. The summed E-state index contributed by atoms with van der Waals surface area (Å²) in [5, 5.41) is 7.30. The summed E-state index contributed by atoms with van der Waals surface area (Å²) in [6.45, 7) is 5.94. The molecule has 3 heterocycles. The van der Waals surface area contributed by atoms with Crippen LogP contribution in [0.25, 0.3) is 28.2 Å². The van der Waals surface area contributed by atoms with E-state index in [9.17, 15) is 18.0 Å². The number of halogens is 3. The minimum absolute atomic E-state index is 0.185. The molecule has 4 aromatic rings. The lowest BCUT2D eigenvalue weighted by atomic mass is 10.1. The zero-order chi connectivity index (χ0) is 29.0. The number of alkyl halides is 3. The van der Waals surface area contributed by atoms with Crippen molar-refractivity contribution in [1.82, 2.24) is 24.9 Å². The average molecular weight is 559 g/mol. The zero-order valence-corrected chi connectivity index (χ0v) is 22.4. The molecule has 3 N–H and O–H groups in total. The lowest BCUT2D eigenvalue weighted by Gasteiger charge is -2.13. The third kappa shape index (κ3) is 6.35. The number of aromatic nitrogens is 4. The number of nitrogens with one attached hydrogen (secondary N) is 1. The van der Waals surface area contributed by atoms with E-state index in [1.165, 1.54) is 17.8 Å². The predicted octanol–water partition coefficient (Wildman–Crippen LogP) is 5.28. The fourth-order valence-corrected chi connectivity index (χ4v) is 4.01. The Bertz CT molecular complexity index is 1520. The van der Waals surface area contributed by atoms with E-state index in [0.717, 1.165) is 6.07 Å². The number of carbonyl (C=O) groups excluding carboxylic acids is 1. The highest BCUT2D eigenvalue weighted by Crippen LogP contribution is 2.36. The van der Waals surface area contributed by atoms with Crippen LogP contribution >= 0.6 is 0 Å². The summed E-state index contributed by atoms with van der Waals surface area (Å²) in [5.41, 5.74) is 7.17. The van der Waals surface area contributed by atoms with Gasteiger partial charge in [0.25, 0.3) is 0 Å². The Labute approximate surface area is 228 Å². The standard InChI is InChI=1S/C27H29F3N6O4/c1-15(2)40-26(37)32-10-5-11-39-21-8-6-17(13-22(21)38-4)20-7-9-23-34-16(3)24(36(23)35-20)18-12-19(27(28,29)30)25(31)33-14-18/h6-9,12-15H,5,10-11H2,1-4H3,(H2,31,33)(H,32,37). The van der Waals surface area contributed by atoms with Crippen molar-refractivity contribution in [2.75, 3.05) is 26.0 Å². The van der Waals surface area contributed by atoms with Gasteiger partial charge in [0.2, 0.25) is 0 Å². The summed E-state index contributed by atoms with van der Waals surface area (Å²) in [6.07, 6.45) is -3.51. The van der Waals surface area contributed by atoms with Crippen molar-refractivity contribution in [2.24, 2.45) is 0 Å². The van der Waals surface area contributed by atoms with Gasteiger partial charge in [0.1, 0.15) is 5.82 Å². The molecule has 1 aromatic carbocycles. The first-order valence-corrected chi connectivity index (χ1v) is 12.4. The average Bonchev–Trinajstić information content (AvgIpc) is 3.22. The summed E-state index contributed by atoms with van der Waals surface area (Å²) < 4.78 is 58.2. The molecule has 4 rings (SSSR count). The molecule has 0 aliphatic rings. The van der Waals surface area contributed by atoms with Crippen molar-refractivity contribution in [3.05, 3.63) is 53.9 Å². The summed E-state index contributed by atoms with van der Waals surface area (Å²) in [7, 11) is 1.51. The van der Waals surface area contributed by atoms with Crippen LogP contribution in [-0.4, -0.2) is 52.0 Å². The number of methoxy groups -OCH3 is 1. The van der Waals surface area contributed by atoms with Crippen LogP contribution in [0.1, 0.15) is 31.5 Å². The van der Waals surface area contributed by atoms with Gasteiger partial charge >= 0.3 is 12.3 Å². The Morgan fingerprint density at radius 2 is 1.90 bits per heavy atom. The second-order valence-electron chi connectivity index (χ2n) is 9.14. The van der Waals surface area contributed by atoms with Crippen molar-refractivity contribution in [3.63, 3.8) is 0 Å². The Kier molecular flexibility index (Phi) is 8.31. The number of pyridine rings is 1. The highest BCUT2D eigenvalue weighted by Gasteiger charge is 2.34. The third-order valence-electron chi connectivity index (χ3n) is 5.80. The van der Waals surface area contributed by atoms with E-state index in [1.54, 1.807) is 51.1 Å². The molecule has 1 amide bonds. The molecule has 0 atom stereocenters. The largest absolute Gasteiger partial charge is 0.493 e. The first kappa shape index (κ1) is 28.5. The van der Waals surface area contributed by atoms with Crippen molar-refractivity contribution >= 4 is 17.6 Å². The molecule has 0 saturated carbocycles. The fraction of sp³-hybridized carbons (Fsp3) is 0.333. The van der Waals surface area contributed by atoms with Gasteiger partial charge in [-0.25, -0.2) is 19.3 Å². The van der Waals surface area contributed by atoms with E-state index in [-0.39, 0.29) is 11.7 Å². The number of fused-ring (bicyclic) bond motifs is 1. The molecule has 40 heavy (non-hydrogen) atoms. The molecule has 0 bridgehead atoms. The number of carbonyl (C=O) groups is 1. The van der Waals surface area contributed by atoms with Crippen LogP contribution in [-0.2, 0) is 10.9 Å². The fourth-order valence-electron chi connectivity index (χ4n) is 4.01. The Balaban J connectivity index is 1.56. The number of rotatable bonds is 9. The molecule has 0 spiro atoms. The first-order valence-electron chi connectivity index (χ1n) is 12.4. The van der Waals surface area contributed by atoms with Gasteiger partial charge in [0.05, 0.1) is 42.5 Å². The molecule has 212 valence electrons. The molecule has 0 unspecified atom stereocenters. The van der Waals surface area contributed by atoms with Gasteiger partial charge in [-0.3, -0.25) is 0 Å². The molecule has 3 aromatic heterocycles. The minimum Gasteiger partial charge on any atom is -0.493 e. The molecule has 0 aliphatic carbocycles. The number of imidazole rings is 1. The van der Waals surface area contributed by atoms with Gasteiger partial charge in [-0.2, -0.15) is 18.3 Å². The van der Waals surface area contributed by atoms with E-state index in [2.05, 4.69) is 20.4 Å². The summed E-state index contributed by atoms with van der Waals surface area (Å²) in [5.74, 6) is 0.366. The molecule has 13 heteroatoms. The van der Waals surface area contributed by atoms with Crippen molar-refractivity contribution in [3.8, 4) is 34.0 Å². The Morgan fingerprint density at radius 1 is 1.12 bits per heavy atom. The predicted molar refractivity (Wildman–Crippen MR) is 142 cm³/mol. The number of amides is 1. The van der Waals surface area contributed by atoms with Crippen LogP contribution in [0.5, 0.6) is 11.5 Å². The van der Waals surface area contributed by atoms with Crippen LogP contribution in [0.3, 0.4) is 0 Å². The number of nitrogen functional groups attached to an aromatic ring is 1. The number of nitrogens with two attached hydrogens (primary N) is 1. The van der Waals surface area contributed by atoms with Gasteiger partial charge in [0, 0.05) is 23.9 Å². The number of hydrogen-bond acceptors (Lipinski definition) is 8. The van der Waals surface area contributed by atoms with Gasteiger partial charge in [-0.1, -0.05) is 0 Å². The van der Waals surface area contributed by atoms with Gasteiger partial charge in [0.15, 0.2) is 17.1 Å². The van der Waals surface area contributed by atoms with E-state index in [0.29, 0.717) is 59.4 Å². The van der Waals surface area contributed by atoms with Gasteiger partial charge < -0.3 is 25.3 Å². The number of benzene rings is 1. The van der Waals surface area contributed by atoms with Crippen LogP contribution in [0, 0.1) is 6.92 Å². The van der Waals surface area contributed by atoms with E-state index >= 15 is 0 Å². The number of nitrogens with zero attached hydrogens (tertiary/aromatic N) is 4. The van der Waals surface area contributed by atoms with Gasteiger partial charge in [-0.05, 0) is 63.6 Å². The van der Waals surface area contributed by atoms with Crippen LogP contribution < -0.4 is 20.5 Å². The van der Waals surface area contributed by atoms with Crippen molar-refractivity contribution in [1.29, 1.82) is 0 Å². The maximum absolute atomic E-state index is 13.5. The molecule has 0 aliphatic heterocycles. The monoisotopic (exact) mass is 558 g/mol. The molecule has 0 saturated heterocycles. The zero-order valence-electron chi connectivity index (χ0n) is 22.4. The minimum atomic E-state index is -4.66. The molecule has 10 nitrogen and oxygen atoms in total. The van der Waals surface area contributed by atoms with Crippen LogP contribution in [0.2, 0.25) is 0 Å². The van der Waals surface area contributed by atoms with Crippen molar-refractivity contribution in [2.45, 2.75) is 39.5 Å². The summed E-state index contributed by atoms with van der Waals surface area (Å²) in [6, 6.07) is 9.71. The van der Waals surface area contributed by atoms with Crippen LogP contribution in [0.15, 0.2) is 42.6 Å². The number of hydrogen-bond donors (Lipinski definition) is 2. The maximum Gasteiger partial charge on any atom is 0.419 e. The van der Waals surface area contributed by atoms with Gasteiger partial charge in [-0.15, -0.1) is 0 Å². The molecular weight excluding hydrogens is 529 g/mol. The number of alkyl carbamates (subject to hydrolysis) is 1. The van der Waals surface area contributed by atoms with E-state index in [4.69, 9.17) is 19.9 Å². The highest BCUT2D eigenvalue weighted by atomic mass is 19.4. The second kappa shape index (κ2) is 11.7. The Morgan fingerprint density at radius 3 is 2.60 bits per heavy atom. The smallest absolute Gasteiger partial charge is 0.419 e. The van der Waals surface area contributed by atoms with E-state index in [1.807, 2.05) is 0 Å². The maximum atomic E-state index is 13.5. The lowest BCUT2D eigenvalue weighted by molar-refractivity contribution is -0.137. The quantitative estimate of drug-likeness (QED) is 0.266. The van der Waals surface area contributed by atoms with E-state index < -0.39 is 23.7 Å². The summed E-state index contributed by atoms with van der Waals surface area (Å²) >= 11 is 0. The number of aryl methyl sites for hydroxylation is 1. The lowest BCUT2D eigenvalue weighted by Crippen LogP contribution is -2.28. The topological polar surface area (TPSA) is 126 Å². The van der Waals surface area contributed by atoms with Crippen LogP contribution in [0.4, 0.5) is 23.8 Å². The highest BCUT2D eigenvalue weighted by molar-refractivity contribution is 5.70.